The van der Waals surface area contributed by atoms with E-state index in [1.165, 1.54) is 18.4 Å². The summed E-state index contributed by atoms with van der Waals surface area (Å²) in [6.45, 7) is 11.4. The molecule has 1 amide bonds. The van der Waals surface area contributed by atoms with E-state index in [9.17, 15) is 4.79 Å². The van der Waals surface area contributed by atoms with E-state index in [2.05, 4.69) is 74.1 Å². The molecule has 1 aromatic carbocycles. The third kappa shape index (κ3) is 12.8. The number of ether oxygens (including phenoxy) is 2. The van der Waals surface area contributed by atoms with Crippen LogP contribution in [0.2, 0.25) is 0 Å². The van der Waals surface area contributed by atoms with Gasteiger partial charge in [-0.25, -0.2) is 4.99 Å². The molecule has 1 unspecified atom stereocenters. The maximum atomic E-state index is 12.3. The number of aliphatic imine (C=N–C) groups is 1. The van der Waals surface area contributed by atoms with E-state index < -0.39 is 0 Å². The van der Waals surface area contributed by atoms with E-state index in [-0.39, 0.29) is 8.76 Å². The lowest BCUT2D eigenvalue weighted by Gasteiger charge is -2.28. The first kappa shape index (κ1) is 35.8. The molecule has 8 heteroatoms. The molecule has 3 heterocycles. The van der Waals surface area contributed by atoms with Crippen LogP contribution in [0, 0.1) is 5.92 Å². The number of nitrogens with one attached hydrogen (secondary N) is 2. The Hall–Kier alpha value is -3.42. The van der Waals surface area contributed by atoms with E-state index in [1.54, 1.807) is 19.4 Å². The van der Waals surface area contributed by atoms with Crippen LogP contribution in [0.4, 0.5) is 0 Å². The van der Waals surface area contributed by atoms with Crippen molar-refractivity contribution in [3.8, 4) is 0 Å². The second-order valence-corrected chi connectivity index (χ2v) is 11.1. The van der Waals surface area contributed by atoms with Crippen LogP contribution in [0.25, 0.3) is 5.70 Å². The largest absolute Gasteiger partial charge is 0.400 e. The van der Waals surface area contributed by atoms with Gasteiger partial charge in [-0.1, -0.05) is 44.2 Å². The standard InChI is InChI=1S/C30H38N4O2.C4H10O.CH4O.2H2/c1-5-27(19-31-30(35)26-14-15-34(4)20-26)32-29-13-12-28(33-29)25-11-7-10-24(18-25)17-23-9-6-8-21(2)36-22(3)16-23;1-3-4-5-2;1-2;;/h7,10-12,14-15,18,20-23H,1,6,8-9,13,16-17,19H2,2-4H3,(H,31,35)(H,32,33);3-4H2,1-2H3;2H,1H3;2*1H/t21-,22+,23?;;;;/m1..../s1. The van der Waals surface area contributed by atoms with Gasteiger partial charge in [0.25, 0.3) is 5.91 Å². The smallest absolute Gasteiger partial charge is 0.253 e. The van der Waals surface area contributed by atoms with E-state index in [4.69, 9.17) is 19.6 Å². The quantitative estimate of drug-likeness (QED) is 0.286. The van der Waals surface area contributed by atoms with Gasteiger partial charge in [0, 0.05) is 55.1 Å². The maximum Gasteiger partial charge on any atom is 0.253 e. The maximum absolute atomic E-state index is 12.3. The highest BCUT2D eigenvalue weighted by Crippen LogP contribution is 2.28. The number of amidine groups is 1. The van der Waals surface area contributed by atoms with Gasteiger partial charge < -0.3 is 29.8 Å². The van der Waals surface area contributed by atoms with Gasteiger partial charge >= 0.3 is 0 Å². The van der Waals surface area contributed by atoms with E-state index in [0.29, 0.717) is 42.4 Å². The van der Waals surface area contributed by atoms with Gasteiger partial charge in [0.15, 0.2) is 0 Å². The summed E-state index contributed by atoms with van der Waals surface area (Å²) in [5.41, 5.74) is 7.66. The first-order valence-electron chi connectivity index (χ1n) is 15.3. The fraction of sp³-hybridized carbons (Fsp3) is 0.514. The van der Waals surface area contributed by atoms with E-state index >= 15 is 0 Å². The Kier molecular flexibility index (Phi) is 16.4. The Morgan fingerprint density at radius 2 is 2.05 bits per heavy atom. The lowest BCUT2D eigenvalue weighted by atomic mass is 9.87. The molecule has 1 fully saturated rings. The average Bonchev–Trinajstić information content (AvgIpc) is 3.65. The monoisotopic (exact) mass is 596 g/mol. The van der Waals surface area contributed by atoms with Crippen molar-refractivity contribution in [1.29, 1.82) is 0 Å². The van der Waals surface area contributed by atoms with Crippen molar-refractivity contribution in [2.24, 2.45) is 18.0 Å². The zero-order valence-electron chi connectivity index (χ0n) is 27.0. The molecule has 0 aliphatic carbocycles. The summed E-state index contributed by atoms with van der Waals surface area (Å²) >= 11 is 0. The van der Waals surface area contributed by atoms with Crippen molar-refractivity contribution in [2.45, 2.75) is 77.9 Å². The molecule has 43 heavy (non-hydrogen) atoms. The number of aliphatic hydroxyl groups is 1. The molecule has 2 aromatic rings. The first-order chi connectivity index (χ1) is 20.8. The van der Waals surface area contributed by atoms with Crippen LogP contribution in [0.15, 0.2) is 71.8 Å². The van der Waals surface area contributed by atoms with Crippen LogP contribution in [0.5, 0.6) is 0 Å². The third-order valence-electron chi connectivity index (χ3n) is 7.28. The minimum Gasteiger partial charge on any atom is -0.400 e. The van der Waals surface area contributed by atoms with Crippen LogP contribution >= 0.6 is 0 Å². The Morgan fingerprint density at radius 1 is 1.26 bits per heavy atom. The van der Waals surface area contributed by atoms with Crippen molar-refractivity contribution in [3.05, 3.63) is 83.5 Å². The Bertz CT molecular complexity index is 1250. The topological polar surface area (TPSA) is 97.1 Å². The molecular weight excluding hydrogens is 540 g/mol. The normalized spacial score (nSPS) is 19.6. The molecule has 2 aliphatic heterocycles. The number of hydrogen-bond acceptors (Lipinski definition) is 6. The summed E-state index contributed by atoms with van der Waals surface area (Å²) in [6, 6.07) is 10.5. The molecule has 0 radical (unpaired) electrons. The summed E-state index contributed by atoms with van der Waals surface area (Å²) in [5, 5.41) is 13.2. The number of carbonyl (C=O) groups is 1. The highest BCUT2D eigenvalue weighted by molar-refractivity contribution is 5.96. The SMILES string of the molecule is C=C=C(CNC(=O)c1ccn(C)c1)NC1=NC(c2cccc(CC3CCC[C@@H](C)O[C@@H](C)C3)c2)=CC1.CCCOC.CO.[HH].[HH]. The molecule has 3 atom stereocenters. The molecule has 0 bridgehead atoms. The Labute approximate surface area is 261 Å². The average molecular weight is 597 g/mol. The molecule has 0 saturated carbocycles. The van der Waals surface area contributed by atoms with Crippen LogP contribution in [0.1, 0.15) is 83.6 Å². The number of hydrogen-bond donors (Lipinski definition) is 3. The summed E-state index contributed by atoms with van der Waals surface area (Å²) in [6.07, 6.45) is 14.1. The van der Waals surface area contributed by atoms with E-state index in [0.717, 1.165) is 56.5 Å². The van der Waals surface area contributed by atoms with Crippen molar-refractivity contribution in [3.63, 3.8) is 0 Å². The van der Waals surface area contributed by atoms with Gasteiger partial charge in [-0.2, -0.15) is 0 Å². The number of benzene rings is 1. The van der Waals surface area contributed by atoms with Gasteiger partial charge in [0.2, 0.25) is 0 Å². The minimum atomic E-state index is -0.131. The highest BCUT2D eigenvalue weighted by Gasteiger charge is 2.20. The van der Waals surface area contributed by atoms with Crippen molar-refractivity contribution in [2.75, 3.05) is 27.4 Å². The second-order valence-electron chi connectivity index (χ2n) is 11.1. The molecule has 0 spiro atoms. The van der Waals surface area contributed by atoms with E-state index in [1.807, 2.05) is 17.8 Å². The minimum absolute atomic E-state index is 0. The van der Waals surface area contributed by atoms with Gasteiger partial charge in [0.05, 0.1) is 35.7 Å². The Balaban J connectivity index is 0.00000196. The molecule has 240 valence electrons. The number of methoxy groups -OCH3 is 1. The predicted molar refractivity (Wildman–Crippen MR) is 180 cm³/mol. The van der Waals surface area contributed by atoms with Gasteiger partial charge in [0.1, 0.15) is 5.84 Å². The van der Waals surface area contributed by atoms with Crippen LogP contribution < -0.4 is 10.6 Å². The van der Waals surface area contributed by atoms with Crippen LogP contribution in [0.3, 0.4) is 0 Å². The van der Waals surface area contributed by atoms with Crippen molar-refractivity contribution < 1.29 is 22.2 Å². The molecule has 8 nitrogen and oxygen atoms in total. The number of rotatable bonds is 9. The number of aromatic nitrogens is 1. The molecule has 4 rings (SSSR count). The van der Waals surface area contributed by atoms with Gasteiger partial charge in [-0.05, 0) is 69.6 Å². The van der Waals surface area contributed by atoms with Crippen molar-refractivity contribution in [1.82, 2.24) is 15.2 Å². The summed E-state index contributed by atoms with van der Waals surface area (Å²) < 4.78 is 12.6. The summed E-state index contributed by atoms with van der Waals surface area (Å²) in [5.74, 6) is 1.34. The van der Waals surface area contributed by atoms with Crippen molar-refractivity contribution >= 4 is 17.4 Å². The van der Waals surface area contributed by atoms with Gasteiger partial charge in [-0.3, -0.25) is 4.79 Å². The summed E-state index contributed by atoms with van der Waals surface area (Å²) in [7, 11) is 4.60. The fourth-order valence-electron chi connectivity index (χ4n) is 5.31. The molecular formula is C35H56N4O4. The summed E-state index contributed by atoms with van der Waals surface area (Å²) in [4.78, 5) is 17.1. The number of aryl methyl sites for hydroxylation is 1. The zero-order valence-corrected chi connectivity index (χ0v) is 27.0. The fourth-order valence-corrected chi connectivity index (χ4v) is 5.31. The van der Waals surface area contributed by atoms with Crippen LogP contribution in [-0.2, 0) is 22.9 Å². The number of nitrogens with zero attached hydrogens (tertiary/aromatic N) is 2. The molecule has 1 aromatic heterocycles. The molecule has 1 saturated heterocycles. The highest BCUT2D eigenvalue weighted by atomic mass is 16.5. The molecule has 2 aliphatic rings. The first-order valence-corrected chi connectivity index (χ1v) is 15.3. The predicted octanol–water partition coefficient (Wildman–Crippen LogP) is 6.53. The lowest BCUT2D eigenvalue weighted by molar-refractivity contribution is -0.0200. The molecule has 3 N–H and O–H groups in total. The number of carbonyl (C=O) groups excluding carboxylic acids is 1. The lowest BCUT2D eigenvalue weighted by Crippen LogP contribution is -2.32. The second kappa shape index (κ2) is 19.7. The zero-order chi connectivity index (χ0) is 31.6. The number of aliphatic hydroxyl groups excluding tert-OH is 1. The Morgan fingerprint density at radius 3 is 2.70 bits per heavy atom. The third-order valence-corrected chi connectivity index (χ3v) is 7.28. The van der Waals surface area contributed by atoms with Crippen LogP contribution in [-0.4, -0.2) is 61.0 Å². The number of amides is 1. The van der Waals surface area contributed by atoms with Gasteiger partial charge in [-0.15, -0.1) is 5.73 Å².